The summed E-state index contributed by atoms with van der Waals surface area (Å²) in [6, 6.07) is 12.2. The molecule has 2 atom stereocenters. The van der Waals surface area contributed by atoms with E-state index >= 15 is 0 Å². The van der Waals surface area contributed by atoms with Gasteiger partial charge < -0.3 is 9.42 Å². The zero-order chi connectivity index (χ0) is 21.2. The number of hydrogen-bond acceptors (Lipinski definition) is 5. The van der Waals surface area contributed by atoms with Crippen LogP contribution in [-0.2, 0) is 11.2 Å². The smallest absolute Gasteiger partial charge is 0.232 e. The quantitative estimate of drug-likeness (QED) is 0.617. The van der Waals surface area contributed by atoms with Crippen molar-refractivity contribution >= 4 is 5.91 Å². The minimum atomic E-state index is -0.00619. The van der Waals surface area contributed by atoms with Crippen LogP contribution in [0.15, 0.2) is 53.3 Å². The molecule has 2 aromatic heterocycles. The van der Waals surface area contributed by atoms with Crippen LogP contribution in [-0.4, -0.2) is 39.0 Å². The zero-order valence-electron chi connectivity index (χ0n) is 17.9. The van der Waals surface area contributed by atoms with Crippen molar-refractivity contribution < 1.29 is 9.32 Å². The maximum Gasteiger partial charge on any atom is 0.232 e. The Balaban J connectivity index is 1.38. The van der Waals surface area contributed by atoms with Crippen molar-refractivity contribution in [1.82, 2.24) is 20.0 Å². The Kier molecular flexibility index (Phi) is 5.53. The molecule has 2 fully saturated rings. The van der Waals surface area contributed by atoms with E-state index in [1.807, 2.05) is 29.3 Å². The van der Waals surface area contributed by atoms with E-state index in [1.165, 1.54) is 18.4 Å². The highest BCUT2D eigenvalue weighted by molar-refractivity contribution is 5.79. The molecule has 0 unspecified atom stereocenters. The first-order chi connectivity index (χ1) is 15.2. The molecule has 6 heteroatoms. The van der Waals surface area contributed by atoms with Crippen molar-refractivity contribution in [2.45, 2.75) is 56.8 Å². The first kappa shape index (κ1) is 19.9. The number of likely N-dealkylation sites (tertiary alicyclic amines) is 1. The van der Waals surface area contributed by atoms with Gasteiger partial charge in [0.1, 0.15) is 0 Å². The van der Waals surface area contributed by atoms with Crippen LogP contribution in [0.5, 0.6) is 0 Å². The molecule has 1 aliphatic carbocycles. The standard InChI is InChI=1S/C25H28N4O2/c1-17-6-4-7-18(12-17)13-23(30)29-15-21(20-10-5-11-26-14-20)22(16-29)25-27-24(28-31-25)19-8-2-3-9-19/h4-7,10-12,14,19,21-22H,2-3,8-9,13,15-16H2,1H3/t21-,22+/m0/s1. The monoisotopic (exact) mass is 416 g/mol. The van der Waals surface area contributed by atoms with Crippen LogP contribution in [0.2, 0.25) is 0 Å². The number of amides is 1. The number of hydrogen-bond donors (Lipinski definition) is 0. The Labute approximate surface area is 182 Å². The molecule has 1 aliphatic heterocycles. The van der Waals surface area contributed by atoms with Gasteiger partial charge in [-0.15, -0.1) is 0 Å². The van der Waals surface area contributed by atoms with Crippen molar-refractivity contribution in [3.8, 4) is 0 Å². The van der Waals surface area contributed by atoms with Gasteiger partial charge in [0.05, 0.1) is 12.3 Å². The third-order valence-corrected chi connectivity index (χ3v) is 6.72. The lowest BCUT2D eigenvalue weighted by molar-refractivity contribution is -0.129. The normalized spacial score (nSPS) is 21.6. The maximum atomic E-state index is 13.1. The molecule has 6 nitrogen and oxygen atoms in total. The van der Waals surface area contributed by atoms with Crippen molar-refractivity contribution in [3.63, 3.8) is 0 Å². The second kappa shape index (κ2) is 8.61. The molecule has 31 heavy (non-hydrogen) atoms. The van der Waals surface area contributed by atoms with Gasteiger partial charge in [0.15, 0.2) is 5.82 Å². The SMILES string of the molecule is Cc1cccc(CC(=O)N2C[C@@H](c3cccnc3)[C@H](c3nc(C4CCCC4)no3)C2)c1. The van der Waals surface area contributed by atoms with Gasteiger partial charge in [0.2, 0.25) is 11.8 Å². The van der Waals surface area contributed by atoms with Gasteiger partial charge in [-0.1, -0.05) is 53.9 Å². The lowest BCUT2D eigenvalue weighted by Gasteiger charge is -2.16. The van der Waals surface area contributed by atoms with Crippen LogP contribution < -0.4 is 0 Å². The topological polar surface area (TPSA) is 72.1 Å². The molecule has 0 bridgehead atoms. The molecule has 160 valence electrons. The summed E-state index contributed by atoms with van der Waals surface area (Å²) in [4.78, 5) is 24.2. The Bertz CT molecular complexity index is 1040. The molecule has 0 N–H and O–H groups in total. The van der Waals surface area contributed by atoms with Crippen LogP contribution in [0.4, 0.5) is 0 Å². The van der Waals surface area contributed by atoms with E-state index in [2.05, 4.69) is 35.3 Å². The molecule has 5 rings (SSSR count). The summed E-state index contributed by atoms with van der Waals surface area (Å²) in [7, 11) is 0. The highest BCUT2D eigenvalue weighted by Crippen LogP contribution is 2.40. The molecular formula is C25H28N4O2. The zero-order valence-corrected chi connectivity index (χ0v) is 17.9. The van der Waals surface area contributed by atoms with E-state index in [9.17, 15) is 4.79 Å². The summed E-state index contributed by atoms with van der Waals surface area (Å²) in [5.74, 6) is 2.14. The second-order valence-electron chi connectivity index (χ2n) is 8.94. The number of carbonyl (C=O) groups excluding carboxylic acids is 1. The molecule has 0 spiro atoms. The van der Waals surface area contributed by atoms with Crippen molar-refractivity contribution in [3.05, 3.63) is 77.2 Å². The summed E-state index contributed by atoms with van der Waals surface area (Å²) in [5.41, 5.74) is 3.33. The summed E-state index contributed by atoms with van der Waals surface area (Å²) >= 11 is 0. The Morgan fingerprint density at radius 3 is 2.74 bits per heavy atom. The number of nitrogens with zero attached hydrogens (tertiary/aromatic N) is 4. The van der Waals surface area contributed by atoms with Crippen LogP contribution in [0.25, 0.3) is 0 Å². The van der Waals surface area contributed by atoms with E-state index in [-0.39, 0.29) is 17.7 Å². The van der Waals surface area contributed by atoms with Gasteiger partial charge >= 0.3 is 0 Å². The van der Waals surface area contributed by atoms with Crippen LogP contribution in [0.3, 0.4) is 0 Å². The first-order valence-electron chi connectivity index (χ1n) is 11.2. The van der Waals surface area contributed by atoms with Crippen molar-refractivity contribution in [2.24, 2.45) is 0 Å². The fourth-order valence-corrected chi connectivity index (χ4v) is 5.05. The average Bonchev–Trinajstić information content (AvgIpc) is 3.54. The third kappa shape index (κ3) is 4.24. The third-order valence-electron chi connectivity index (χ3n) is 6.72. The lowest BCUT2D eigenvalue weighted by atomic mass is 9.90. The Morgan fingerprint density at radius 1 is 1.13 bits per heavy atom. The molecule has 1 aromatic carbocycles. The summed E-state index contributed by atoms with van der Waals surface area (Å²) in [6.07, 6.45) is 8.81. The summed E-state index contributed by atoms with van der Waals surface area (Å²) < 4.78 is 5.76. The molecule has 1 saturated carbocycles. The van der Waals surface area contributed by atoms with E-state index in [0.29, 0.717) is 31.3 Å². The van der Waals surface area contributed by atoms with Crippen molar-refractivity contribution in [1.29, 1.82) is 0 Å². The fraction of sp³-hybridized carbons (Fsp3) is 0.440. The summed E-state index contributed by atoms with van der Waals surface area (Å²) in [5, 5.41) is 4.31. The lowest BCUT2D eigenvalue weighted by Crippen LogP contribution is -2.30. The molecule has 1 saturated heterocycles. The van der Waals surface area contributed by atoms with Gasteiger partial charge in [0, 0.05) is 37.3 Å². The van der Waals surface area contributed by atoms with Gasteiger partial charge in [-0.2, -0.15) is 4.98 Å². The minimum absolute atomic E-state index is 0.00619. The number of benzene rings is 1. The number of aromatic nitrogens is 3. The largest absolute Gasteiger partial charge is 0.341 e. The highest BCUT2D eigenvalue weighted by Gasteiger charge is 2.40. The molecule has 2 aliphatic rings. The molecule has 3 aromatic rings. The minimum Gasteiger partial charge on any atom is -0.341 e. The summed E-state index contributed by atoms with van der Waals surface area (Å²) in [6.45, 7) is 3.29. The number of aryl methyl sites for hydroxylation is 1. The molecule has 1 amide bonds. The van der Waals surface area contributed by atoms with Gasteiger partial charge in [0.25, 0.3) is 0 Å². The average molecular weight is 417 g/mol. The first-order valence-corrected chi connectivity index (χ1v) is 11.2. The van der Waals surface area contributed by atoms with Gasteiger partial charge in [-0.05, 0) is 37.0 Å². The predicted molar refractivity (Wildman–Crippen MR) is 117 cm³/mol. The number of pyridine rings is 1. The van der Waals surface area contributed by atoms with Gasteiger partial charge in [-0.25, -0.2) is 0 Å². The van der Waals surface area contributed by atoms with E-state index in [1.54, 1.807) is 6.20 Å². The van der Waals surface area contributed by atoms with E-state index in [0.717, 1.165) is 29.8 Å². The number of carbonyl (C=O) groups is 1. The van der Waals surface area contributed by atoms with Crippen LogP contribution in [0.1, 0.15) is 71.8 Å². The molecule has 3 heterocycles. The van der Waals surface area contributed by atoms with Crippen LogP contribution >= 0.6 is 0 Å². The Hall–Kier alpha value is -3.02. The number of rotatable bonds is 5. The second-order valence-corrected chi connectivity index (χ2v) is 8.94. The molecule has 0 radical (unpaired) electrons. The van der Waals surface area contributed by atoms with E-state index in [4.69, 9.17) is 9.51 Å². The molecular weight excluding hydrogens is 388 g/mol. The highest BCUT2D eigenvalue weighted by atomic mass is 16.5. The predicted octanol–water partition coefficient (Wildman–Crippen LogP) is 4.38. The van der Waals surface area contributed by atoms with Crippen molar-refractivity contribution in [2.75, 3.05) is 13.1 Å². The fourth-order valence-electron chi connectivity index (χ4n) is 5.05. The maximum absolute atomic E-state index is 13.1. The van der Waals surface area contributed by atoms with Gasteiger partial charge in [-0.3, -0.25) is 9.78 Å². The van der Waals surface area contributed by atoms with Crippen LogP contribution in [0, 0.1) is 6.92 Å². The van der Waals surface area contributed by atoms with E-state index < -0.39 is 0 Å². The Morgan fingerprint density at radius 2 is 1.97 bits per heavy atom.